The summed E-state index contributed by atoms with van der Waals surface area (Å²) >= 11 is 8.20. The summed E-state index contributed by atoms with van der Waals surface area (Å²) in [6.45, 7) is 4.07. The first-order valence-electron chi connectivity index (χ1n) is 13.2. The maximum atomic E-state index is 16.6. The molecule has 3 N–H and O–H groups in total. The summed E-state index contributed by atoms with van der Waals surface area (Å²) in [5.74, 6) is 0.0950. The van der Waals surface area contributed by atoms with Crippen LogP contribution in [0.3, 0.4) is 0 Å². The van der Waals surface area contributed by atoms with Crippen molar-refractivity contribution >= 4 is 55.0 Å². The number of thiazole rings is 1. The number of rotatable bonds is 5. The Kier molecular flexibility index (Phi) is 6.43. The number of halogens is 2. The minimum Gasteiger partial charge on any atom is -0.462 e. The van der Waals surface area contributed by atoms with E-state index < -0.39 is 5.82 Å². The molecule has 3 aliphatic heterocycles. The molecule has 3 saturated heterocycles. The Bertz CT molecular complexity index is 1550. The monoisotopic (exact) mass is 569 g/mol. The third-order valence-corrected chi connectivity index (χ3v) is 9.18. The highest BCUT2D eigenvalue weighted by Gasteiger charge is 2.37. The summed E-state index contributed by atoms with van der Waals surface area (Å²) in [6.07, 6.45) is 2.17. The van der Waals surface area contributed by atoms with Gasteiger partial charge < -0.3 is 30.3 Å². The van der Waals surface area contributed by atoms with E-state index in [2.05, 4.69) is 32.1 Å². The van der Waals surface area contributed by atoms with Gasteiger partial charge in [-0.25, -0.2) is 9.37 Å². The molecule has 5 heterocycles. The van der Waals surface area contributed by atoms with E-state index in [1.54, 1.807) is 6.07 Å². The van der Waals surface area contributed by atoms with Crippen LogP contribution in [0.25, 0.3) is 32.2 Å². The molecule has 39 heavy (non-hydrogen) atoms. The lowest BCUT2D eigenvalue weighted by molar-refractivity contribution is 0.0523. The second-order valence-electron chi connectivity index (χ2n) is 10.5. The number of nitrogen functional groups attached to an aromatic ring is 1. The number of nitrogens with two attached hydrogens (primary N) is 1. The lowest BCUT2D eigenvalue weighted by atomic mass is 10.00. The number of ether oxygens (including phenoxy) is 2. The summed E-state index contributed by atoms with van der Waals surface area (Å²) in [4.78, 5) is 18.5. The maximum absolute atomic E-state index is 16.6. The van der Waals surface area contributed by atoms with Gasteiger partial charge in [-0.3, -0.25) is 0 Å². The Morgan fingerprint density at radius 3 is 2.79 bits per heavy atom. The molecule has 3 atom stereocenters. The summed E-state index contributed by atoms with van der Waals surface area (Å²) in [6, 6.07) is 7.90. The molecule has 4 aromatic rings. The number of fused-ring (bicyclic) bond motifs is 4. The molecule has 0 spiro atoms. The molecule has 0 amide bonds. The lowest BCUT2D eigenvalue weighted by Crippen LogP contribution is -2.64. The largest absolute Gasteiger partial charge is 0.462 e. The zero-order valence-electron chi connectivity index (χ0n) is 21.5. The fraction of sp³-hybridized carbons (Fsp3) is 0.444. The van der Waals surface area contributed by atoms with E-state index in [0.717, 1.165) is 37.2 Å². The van der Waals surface area contributed by atoms with Gasteiger partial charge in [0.1, 0.15) is 17.9 Å². The molecule has 12 heteroatoms. The molecule has 0 aliphatic carbocycles. The Morgan fingerprint density at radius 2 is 2.03 bits per heavy atom. The summed E-state index contributed by atoms with van der Waals surface area (Å²) in [5.41, 5.74) is 7.59. The molecule has 2 aromatic carbocycles. The Labute approximate surface area is 234 Å². The molecule has 0 saturated carbocycles. The molecule has 2 bridgehead atoms. The predicted octanol–water partition coefficient (Wildman–Crippen LogP) is 3.93. The van der Waals surface area contributed by atoms with Crippen LogP contribution >= 0.6 is 22.9 Å². The number of morpholine rings is 1. The van der Waals surface area contributed by atoms with Crippen LogP contribution in [0.15, 0.2) is 24.3 Å². The van der Waals surface area contributed by atoms with Crippen molar-refractivity contribution in [1.29, 1.82) is 0 Å². The van der Waals surface area contributed by atoms with E-state index in [0.29, 0.717) is 47.2 Å². The summed E-state index contributed by atoms with van der Waals surface area (Å²) < 4.78 is 29.5. The average molecular weight is 570 g/mol. The van der Waals surface area contributed by atoms with Crippen LogP contribution in [0.2, 0.25) is 5.02 Å². The van der Waals surface area contributed by atoms with Crippen LogP contribution in [0, 0.1) is 5.82 Å². The van der Waals surface area contributed by atoms with E-state index in [1.807, 2.05) is 18.2 Å². The Morgan fingerprint density at radius 1 is 1.21 bits per heavy atom. The van der Waals surface area contributed by atoms with Crippen molar-refractivity contribution in [2.45, 2.75) is 31.0 Å². The Balaban J connectivity index is 1.40. The number of aromatic nitrogens is 3. The van der Waals surface area contributed by atoms with Gasteiger partial charge in [0.05, 0.1) is 40.5 Å². The zero-order chi connectivity index (χ0) is 26.7. The molecular formula is C27H29ClFN7O2S. The van der Waals surface area contributed by atoms with Gasteiger partial charge in [0.2, 0.25) is 0 Å². The van der Waals surface area contributed by atoms with Crippen LogP contribution in [-0.2, 0) is 4.74 Å². The first kappa shape index (κ1) is 25.2. The molecule has 0 radical (unpaired) electrons. The van der Waals surface area contributed by atoms with Crippen molar-refractivity contribution < 1.29 is 13.9 Å². The molecule has 9 nitrogen and oxygen atoms in total. The van der Waals surface area contributed by atoms with Crippen LogP contribution < -0.4 is 20.7 Å². The zero-order valence-corrected chi connectivity index (χ0v) is 23.1. The first-order valence-corrected chi connectivity index (χ1v) is 14.4. The second-order valence-corrected chi connectivity index (χ2v) is 11.9. The van der Waals surface area contributed by atoms with E-state index in [1.165, 1.54) is 11.3 Å². The van der Waals surface area contributed by atoms with Crippen LogP contribution in [0.1, 0.15) is 12.8 Å². The highest BCUT2D eigenvalue weighted by molar-refractivity contribution is 7.22. The van der Waals surface area contributed by atoms with Crippen molar-refractivity contribution in [1.82, 2.24) is 25.2 Å². The third kappa shape index (κ3) is 4.36. The number of hydrogen-bond donors (Lipinski definition) is 2. The normalized spacial score (nSPS) is 23.7. The third-order valence-electron chi connectivity index (χ3n) is 8.04. The van der Waals surface area contributed by atoms with Crippen molar-refractivity contribution in [2.75, 3.05) is 57.1 Å². The SMILES string of the molecule is CN1CCC[C@H]1COc1nc(N2C3CNCC2COC3)c2cc(Cl)c(-c3cccc4sc(N)nc34)c(F)c2n1. The van der Waals surface area contributed by atoms with Crippen LogP contribution in [-0.4, -0.2) is 84.5 Å². The highest BCUT2D eigenvalue weighted by Crippen LogP contribution is 2.42. The maximum Gasteiger partial charge on any atom is 0.319 e. The molecule has 3 aliphatic rings. The molecular weight excluding hydrogens is 541 g/mol. The van der Waals surface area contributed by atoms with E-state index in [9.17, 15) is 0 Å². The number of nitrogens with one attached hydrogen (secondary N) is 1. The molecule has 204 valence electrons. The summed E-state index contributed by atoms with van der Waals surface area (Å²) in [7, 11) is 2.09. The number of benzene rings is 2. The number of hydrogen-bond acceptors (Lipinski definition) is 10. The van der Waals surface area contributed by atoms with Gasteiger partial charge in [-0.15, -0.1) is 0 Å². The first-order chi connectivity index (χ1) is 19.0. The highest BCUT2D eigenvalue weighted by atomic mass is 35.5. The second kappa shape index (κ2) is 9.97. The standard InChI is InChI=1S/C27H29ClFN7O2S/c1-35-7-3-4-14(35)13-38-27-33-24-18(25(34-27)36-15-9-31-10-16(36)12-37-11-15)8-19(28)21(22(24)29)17-5-2-6-20-23(17)32-26(30)39-20/h2,5-6,8,14-16,31H,3-4,7,9-13H2,1H3,(H2,30,32)/t14-,15?,16?/m0/s1. The number of likely N-dealkylation sites (tertiary alicyclic amines) is 1. The van der Waals surface area contributed by atoms with Crippen molar-refractivity contribution in [3.8, 4) is 17.1 Å². The van der Waals surface area contributed by atoms with Gasteiger partial charge >= 0.3 is 6.01 Å². The topological polar surface area (TPSA) is 102 Å². The number of anilines is 2. The number of likely N-dealkylation sites (N-methyl/N-ethyl adjacent to an activating group) is 1. The van der Waals surface area contributed by atoms with E-state index in [4.69, 9.17) is 31.8 Å². The van der Waals surface area contributed by atoms with Crippen LogP contribution in [0.5, 0.6) is 6.01 Å². The Hall–Kier alpha value is -2.83. The lowest BCUT2D eigenvalue weighted by Gasteiger charge is -2.47. The van der Waals surface area contributed by atoms with Gasteiger partial charge in [0, 0.05) is 35.6 Å². The van der Waals surface area contributed by atoms with Crippen molar-refractivity contribution in [3.05, 3.63) is 35.1 Å². The molecule has 3 fully saturated rings. The number of nitrogens with zero attached hydrogens (tertiary/aromatic N) is 5. The number of para-hydroxylation sites is 1. The van der Waals surface area contributed by atoms with Gasteiger partial charge in [0.15, 0.2) is 10.9 Å². The fourth-order valence-corrected chi connectivity index (χ4v) is 7.13. The van der Waals surface area contributed by atoms with Crippen molar-refractivity contribution in [3.63, 3.8) is 0 Å². The molecule has 2 aromatic heterocycles. The number of piperazine rings is 1. The molecule has 2 unspecified atom stereocenters. The minimum atomic E-state index is -0.528. The van der Waals surface area contributed by atoms with Gasteiger partial charge in [0.25, 0.3) is 0 Å². The molecule has 7 rings (SSSR count). The van der Waals surface area contributed by atoms with Gasteiger partial charge in [-0.05, 0) is 38.6 Å². The van der Waals surface area contributed by atoms with Gasteiger partial charge in [-0.1, -0.05) is 35.1 Å². The van der Waals surface area contributed by atoms with Crippen molar-refractivity contribution in [2.24, 2.45) is 0 Å². The minimum absolute atomic E-state index is 0.0534. The average Bonchev–Trinajstić information content (AvgIpc) is 3.51. The quantitative estimate of drug-likeness (QED) is 0.370. The van der Waals surface area contributed by atoms with Gasteiger partial charge in [-0.2, -0.15) is 9.97 Å². The van der Waals surface area contributed by atoms with Crippen LogP contribution in [0.4, 0.5) is 15.3 Å². The summed E-state index contributed by atoms with van der Waals surface area (Å²) in [5, 5.41) is 4.70. The fourth-order valence-electron chi connectivity index (χ4n) is 6.07. The van der Waals surface area contributed by atoms with E-state index >= 15 is 4.39 Å². The van der Waals surface area contributed by atoms with E-state index in [-0.39, 0.29) is 40.2 Å². The predicted molar refractivity (Wildman–Crippen MR) is 152 cm³/mol. The smallest absolute Gasteiger partial charge is 0.319 e.